The van der Waals surface area contributed by atoms with Crippen molar-refractivity contribution < 1.29 is 0 Å². The van der Waals surface area contributed by atoms with Crippen molar-refractivity contribution >= 4 is 10.9 Å². The highest BCUT2D eigenvalue weighted by Gasteiger charge is 2.07. The highest BCUT2D eigenvalue weighted by molar-refractivity contribution is 5.94. The normalized spacial score (nSPS) is 11.0. The summed E-state index contributed by atoms with van der Waals surface area (Å²) in [6.45, 7) is 2.23. The zero-order chi connectivity index (χ0) is 16.1. The second kappa shape index (κ2) is 7.28. The molecule has 0 aliphatic rings. The molecule has 2 nitrogen and oxygen atoms in total. The molecule has 0 unspecified atom stereocenters. The number of aromatic nitrogens is 1. The molecule has 3 rings (SSSR count). The van der Waals surface area contributed by atoms with Crippen LogP contribution in [0.3, 0.4) is 0 Å². The van der Waals surface area contributed by atoms with Gasteiger partial charge in [-0.25, -0.2) is 0 Å². The summed E-state index contributed by atoms with van der Waals surface area (Å²) in [4.78, 5) is 14.9. The van der Waals surface area contributed by atoms with E-state index in [0.29, 0.717) is 0 Å². The standard InChI is InChI=1S/C21H23NO/c1-2-3-4-6-9-16-12-13-20-19(14-16)18(15-21(23)22-20)17-10-7-5-8-11-17/h5,7-8,10-15H,2-4,6,9H2,1H3,(H,22,23). The van der Waals surface area contributed by atoms with Gasteiger partial charge < -0.3 is 4.98 Å². The van der Waals surface area contributed by atoms with E-state index >= 15 is 0 Å². The number of aromatic amines is 1. The molecule has 3 aromatic rings. The number of H-pyrrole nitrogens is 1. The van der Waals surface area contributed by atoms with Gasteiger partial charge in [0.05, 0.1) is 0 Å². The van der Waals surface area contributed by atoms with Crippen molar-refractivity contribution in [2.75, 3.05) is 0 Å². The summed E-state index contributed by atoms with van der Waals surface area (Å²) in [5.41, 5.74) is 4.31. The highest BCUT2D eigenvalue weighted by Crippen LogP contribution is 2.27. The van der Waals surface area contributed by atoms with Crippen LogP contribution in [0.25, 0.3) is 22.0 Å². The van der Waals surface area contributed by atoms with Gasteiger partial charge in [0.2, 0.25) is 5.56 Å². The molecule has 1 aromatic heterocycles. The maximum Gasteiger partial charge on any atom is 0.249 e. The minimum Gasteiger partial charge on any atom is -0.322 e. The first-order valence-electron chi connectivity index (χ1n) is 8.49. The fourth-order valence-corrected chi connectivity index (χ4v) is 3.07. The molecule has 0 saturated carbocycles. The Balaban J connectivity index is 2.00. The molecule has 0 aliphatic heterocycles. The molecule has 0 atom stereocenters. The Hall–Kier alpha value is -2.35. The minimum absolute atomic E-state index is 0.0490. The van der Waals surface area contributed by atoms with Crippen LogP contribution in [0.2, 0.25) is 0 Å². The highest BCUT2D eigenvalue weighted by atomic mass is 16.1. The lowest BCUT2D eigenvalue weighted by Gasteiger charge is -2.09. The fourth-order valence-electron chi connectivity index (χ4n) is 3.07. The predicted octanol–water partition coefficient (Wildman–Crippen LogP) is 5.32. The number of benzene rings is 2. The van der Waals surface area contributed by atoms with Crippen molar-refractivity contribution in [3.8, 4) is 11.1 Å². The van der Waals surface area contributed by atoms with Crippen LogP contribution >= 0.6 is 0 Å². The zero-order valence-electron chi connectivity index (χ0n) is 13.6. The van der Waals surface area contributed by atoms with Crippen molar-refractivity contribution in [2.45, 2.75) is 39.0 Å². The van der Waals surface area contributed by atoms with E-state index < -0.39 is 0 Å². The molecule has 2 aromatic carbocycles. The number of hydrogen-bond donors (Lipinski definition) is 1. The van der Waals surface area contributed by atoms with Gasteiger partial charge in [-0.1, -0.05) is 62.6 Å². The van der Waals surface area contributed by atoms with Gasteiger partial charge in [-0.05, 0) is 41.7 Å². The second-order valence-corrected chi connectivity index (χ2v) is 6.10. The second-order valence-electron chi connectivity index (χ2n) is 6.10. The molecule has 0 bridgehead atoms. The summed E-state index contributed by atoms with van der Waals surface area (Å²) < 4.78 is 0. The largest absolute Gasteiger partial charge is 0.322 e. The molecule has 0 aliphatic carbocycles. The van der Waals surface area contributed by atoms with Crippen LogP contribution in [-0.4, -0.2) is 4.98 Å². The average molecular weight is 305 g/mol. The Morgan fingerprint density at radius 2 is 1.74 bits per heavy atom. The van der Waals surface area contributed by atoms with Crippen molar-refractivity contribution in [3.63, 3.8) is 0 Å². The van der Waals surface area contributed by atoms with Gasteiger partial charge in [-0.15, -0.1) is 0 Å². The number of hydrogen-bond acceptors (Lipinski definition) is 1. The molecule has 1 N–H and O–H groups in total. The van der Waals surface area contributed by atoms with E-state index in [-0.39, 0.29) is 5.56 Å². The van der Waals surface area contributed by atoms with Gasteiger partial charge >= 0.3 is 0 Å². The third-order valence-corrected chi connectivity index (χ3v) is 4.31. The first kappa shape index (κ1) is 15.5. The summed E-state index contributed by atoms with van der Waals surface area (Å²) in [7, 11) is 0. The summed E-state index contributed by atoms with van der Waals surface area (Å²) in [5, 5.41) is 1.13. The lowest BCUT2D eigenvalue weighted by Crippen LogP contribution is -2.05. The van der Waals surface area contributed by atoms with Gasteiger partial charge in [-0.3, -0.25) is 4.79 Å². The molecular formula is C21H23NO. The molecule has 0 spiro atoms. The summed E-state index contributed by atoms with van der Waals surface area (Å²) in [6, 6.07) is 18.3. The zero-order valence-corrected chi connectivity index (χ0v) is 13.6. The SMILES string of the molecule is CCCCCCc1ccc2[nH]c(=O)cc(-c3ccccc3)c2c1. The quantitative estimate of drug-likeness (QED) is 0.614. The van der Waals surface area contributed by atoms with Crippen molar-refractivity contribution in [1.29, 1.82) is 0 Å². The summed E-state index contributed by atoms with van der Waals surface area (Å²) in [5.74, 6) is 0. The van der Waals surface area contributed by atoms with Crippen molar-refractivity contribution in [3.05, 3.63) is 70.5 Å². The van der Waals surface area contributed by atoms with E-state index in [1.54, 1.807) is 6.07 Å². The Kier molecular flexibility index (Phi) is 4.92. The molecule has 0 saturated heterocycles. The number of fused-ring (bicyclic) bond motifs is 1. The number of aryl methyl sites for hydroxylation is 1. The molecule has 2 heteroatoms. The van der Waals surface area contributed by atoms with E-state index in [9.17, 15) is 4.79 Å². The molecule has 23 heavy (non-hydrogen) atoms. The Bertz CT molecular complexity index is 833. The Labute approximate surface area is 137 Å². The maximum absolute atomic E-state index is 12.0. The van der Waals surface area contributed by atoms with Crippen LogP contribution in [0.15, 0.2) is 59.4 Å². The van der Waals surface area contributed by atoms with Crippen LogP contribution in [0, 0.1) is 0 Å². The van der Waals surface area contributed by atoms with E-state index in [0.717, 1.165) is 28.5 Å². The molecule has 0 amide bonds. The topological polar surface area (TPSA) is 32.9 Å². The lowest BCUT2D eigenvalue weighted by atomic mass is 9.98. The third-order valence-electron chi connectivity index (χ3n) is 4.31. The summed E-state index contributed by atoms with van der Waals surface area (Å²) >= 11 is 0. The average Bonchev–Trinajstić information content (AvgIpc) is 2.59. The molecular weight excluding hydrogens is 282 g/mol. The minimum atomic E-state index is -0.0490. The van der Waals surface area contributed by atoms with Gasteiger partial charge in [0.1, 0.15) is 0 Å². The predicted molar refractivity (Wildman–Crippen MR) is 97.9 cm³/mol. The maximum atomic E-state index is 12.0. The Morgan fingerprint density at radius 3 is 2.52 bits per heavy atom. The van der Waals surface area contributed by atoms with E-state index in [2.05, 4.69) is 36.2 Å². The molecule has 1 heterocycles. The number of unbranched alkanes of at least 4 members (excludes halogenated alkanes) is 3. The van der Waals surface area contributed by atoms with E-state index in [1.165, 1.54) is 31.2 Å². The number of nitrogens with one attached hydrogen (secondary N) is 1. The lowest BCUT2D eigenvalue weighted by molar-refractivity contribution is 0.667. The first-order valence-corrected chi connectivity index (χ1v) is 8.49. The van der Waals surface area contributed by atoms with E-state index in [4.69, 9.17) is 0 Å². The Morgan fingerprint density at radius 1 is 0.913 bits per heavy atom. The van der Waals surface area contributed by atoms with Crippen molar-refractivity contribution in [2.24, 2.45) is 0 Å². The number of rotatable bonds is 6. The van der Waals surface area contributed by atoms with Gasteiger partial charge in [0, 0.05) is 17.0 Å². The summed E-state index contributed by atoms with van der Waals surface area (Å²) in [6.07, 6.45) is 6.17. The van der Waals surface area contributed by atoms with Gasteiger partial charge in [0.15, 0.2) is 0 Å². The fraction of sp³-hybridized carbons (Fsp3) is 0.286. The van der Waals surface area contributed by atoms with Crippen LogP contribution < -0.4 is 5.56 Å². The first-order chi connectivity index (χ1) is 11.3. The van der Waals surface area contributed by atoms with Crippen LogP contribution in [0.4, 0.5) is 0 Å². The van der Waals surface area contributed by atoms with Crippen LogP contribution in [0.1, 0.15) is 38.2 Å². The number of pyridine rings is 1. The van der Waals surface area contributed by atoms with Crippen LogP contribution in [-0.2, 0) is 6.42 Å². The van der Waals surface area contributed by atoms with Crippen LogP contribution in [0.5, 0.6) is 0 Å². The monoisotopic (exact) mass is 305 g/mol. The molecule has 118 valence electrons. The van der Waals surface area contributed by atoms with Gasteiger partial charge in [-0.2, -0.15) is 0 Å². The third kappa shape index (κ3) is 3.70. The molecule has 0 radical (unpaired) electrons. The van der Waals surface area contributed by atoms with E-state index in [1.807, 2.05) is 24.3 Å². The molecule has 0 fully saturated rings. The smallest absolute Gasteiger partial charge is 0.249 e. The van der Waals surface area contributed by atoms with Crippen molar-refractivity contribution in [1.82, 2.24) is 4.98 Å². The van der Waals surface area contributed by atoms with Gasteiger partial charge in [0.25, 0.3) is 0 Å².